The Morgan fingerprint density at radius 2 is 1.62 bits per heavy atom. The molecule has 0 amide bonds. The average Bonchev–Trinajstić information content (AvgIpc) is 3.06. The number of hydrogen-bond donors (Lipinski definition) is 1. The summed E-state index contributed by atoms with van der Waals surface area (Å²) >= 11 is 0. The van der Waals surface area contributed by atoms with E-state index in [-0.39, 0.29) is 0 Å². The molecular formula is C15H31N. The third kappa shape index (κ3) is 8.15. The van der Waals surface area contributed by atoms with Crippen LogP contribution in [0.2, 0.25) is 0 Å². The fourth-order valence-corrected chi connectivity index (χ4v) is 2.37. The maximum absolute atomic E-state index is 3.66. The van der Waals surface area contributed by atoms with E-state index in [0.717, 1.165) is 12.0 Å². The van der Waals surface area contributed by atoms with Gasteiger partial charge in [0.05, 0.1) is 0 Å². The lowest BCUT2D eigenvalue weighted by Gasteiger charge is -2.12. The van der Waals surface area contributed by atoms with E-state index < -0.39 is 0 Å². The van der Waals surface area contributed by atoms with Crippen LogP contribution < -0.4 is 5.32 Å². The van der Waals surface area contributed by atoms with E-state index in [0.29, 0.717) is 0 Å². The van der Waals surface area contributed by atoms with E-state index in [2.05, 4.69) is 19.2 Å². The molecule has 0 bridgehead atoms. The molecule has 1 atom stereocenters. The maximum atomic E-state index is 3.66. The van der Waals surface area contributed by atoms with Gasteiger partial charge in [-0.15, -0.1) is 0 Å². The highest BCUT2D eigenvalue weighted by Gasteiger charge is 2.22. The van der Waals surface area contributed by atoms with Crippen LogP contribution in [0.5, 0.6) is 0 Å². The number of unbranched alkanes of at least 4 members (excludes halogenated alkanes) is 6. The summed E-state index contributed by atoms with van der Waals surface area (Å²) in [5.74, 6) is 1.07. The fourth-order valence-electron chi connectivity index (χ4n) is 2.37. The number of rotatable bonds is 11. The van der Waals surface area contributed by atoms with Gasteiger partial charge in [0.25, 0.3) is 0 Å². The zero-order valence-corrected chi connectivity index (χ0v) is 11.4. The van der Waals surface area contributed by atoms with Crippen molar-refractivity contribution in [3.8, 4) is 0 Å². The number of nitrogens with one attached hydrogen (secondary N) is 1. The molecule has 1 aliphatic carbocycles. The normalized spacial score (nSPS) is 17.6. The second-order valence-electron chi connectivity index (χ2n) is 5.66. The van der Waals surface area contributed by atoms with Crippen molar-refractivity contribution in [1.29, 1.82) is 0 Å². The molecule has 1 fully saturated rings. The van der Waals surface area contributed by atoms with Crippen LogP contribution in [0.1, 0.15) is 78.1 Å². The topological polar surface area (TPSA) is 12.0 Å². The van der Waals surface area contributed by atoms with Gasteiger partial charge in [-0.05, 0) is 32.2 Å². The van der Waals surface area contributed by atoms with Crippen LogP contribution in [-0.2, 0) is 0 Å². The maximum Gasteiger partial charge on any atom is 0.00413 e. The Hall–Kier alpha value is -0.0400. The lowest BCUT2D eigenvalue weighted by atomic mass is 10.1. The van der Waals surface area contributed by atoms with Crippen LogP contribution in [0, 0.1) is 5.92 Å². The molecule has 0 aromatic carbocycles. The smallest absolute Gasteiger partial charge is 0.00413 e. The van der Waals surface area contributed by atoms with Crippen LogP contribution >= 0.6 is 0 Å². The molecule has 1 unspecified atom stereocenters. The lowest BCUT2D eigenvalue weighted by molar-refractivity contribution is 0.471. The van der Waals surface area contributed by atoms with Gasteiger partial charge < -0.3 is 5.32 Å². The van der Waals surface area contributed by atoms with Gasteiger partial charge in [0.1, 0.15) is 0 Å². The predicted octanol–water partition coefficient (Wildman–Crippen LogP) is 4.52. The van der Waals surface area contributed by atoms with Crippen LogP contribution in [0.4, 0.5) is 0 Å². The minimum atomic E-state index is 0.757. The van der Waals surface area contributed by atoms with Gasteiger partial charge in [0.2, 0.25) is 0 Å². The van der Waals surface area contributed by atoms with E-state index in [1.54, 1.807) is 0 Å². The van der Waals surface area contributed by atoms with E-state index in [4.69, 9.17) is 0 Å². The third-order valence-corrected chi connectivity index (χ3v) is 3.66. The lowest BCUT2D eigenvalue weighted by Crippen LogP contribution is -2.27. The van der Waals surface area contributed by atoms with E-state index in [1.807, 2.05) is 0 Å². The zero-order valence-electron chi connectivity index (χ0n) is 11.4. The summed E-state index contributed by atoms with van der Waals surface area (Å²) in [6, 6.07) is 0.757. The molecule has 0 heterocycles. The molecule has 0 saturated heterocycles. The minimum Gasteiger partial charge on any atom is -0.314 e. The Bertz CT molecular complexity index is 152. The van der Waals surface area contributed by atoms with Crippen LogP contribution in [-0.4, -0.2) is 12.6 Å². The zero-order chi connectivity index (χ0) is 11.6. The van der Waals surface area contributed by atoms with Crippen LogP contribution in [0.3, 0.4) is 0 Å². The highest BCUT2D eigenvalue weighted by atomic mass is 14.9. The van der Waals surface area contributed by atoms with E-state index in [9.17, 15) is 0 Å². The van der Waals surface area contributed by atoms with Crippen molar-refractivity contribution in [2.45, 2.75) is 84.1 Å². The first kappa shape index (κ1) is 14.0. The SMILES string of the molecule is CCCCCCCCCNC(C)CC1CC1. The van der Waals surface area contributed by atoms with Crippen molar-refractivity contribution in [2.24, 2.45) is 5.92 Å². The molecule has 16 heavy (non-hydrogen) atoms. The van der Waals surface area contributed by atoms with Gasteiger partial charge in [-0.3, -0.25) is 0 Å². The highest BCUT2D eigenvalue weighted by molar-refractivity contribution is 4.77. The van der Waals surface area contributed by atoms with Crippen LogP contribution in [0.15, 0.2) is 0 Å². The van der Waals surface area contributed by atoms with Gasteiger partial charge in [0.15, 0.2) is 0 Å². The standard InChI is InChI=1S/C15H31N/c1-3-4-5-6-7-8-9-12-16-14(2)13-15-10-11-15/h14-16H,3-13H2,1-2H3. The van der Waals surface area contributed by atoms with Crippen molar-refractivity contribution >= 4 is 0 Å². The van der Waals surface area contributed by atoms with Gasteiger partial charge in [-0.2, -0.15) is 0 Å². The molecule has 0 aliphatic heterocycles. The van der Waals surface area contributed by atoms with Crippen molar-refractivity contribution in [3.63, 3.8) is 0 Å². The Morgan fingerprint density at radius 3 is 2.25 bits per heavy atom. The molecule has 1 N–H and O–H groups in total. The van der Waals surface area contributed by atoms with Gasteiger partial charge in [0, 0.05) is 6.04 Å². The summed E-state index contributed by atoms with van der Waals surface area (Å²) < 4.78 is 0. The first-order chi connectivity index (χ1) is 7.83. The Morgan fingerprint density at radius 1 is 1.00 bits per heavy atom. The molecule has 1 rings (SSSR count). The predicted molar refractivity (Wildman–Crippen MR) is 72.8 cm³/mol. The molecule has 0 spiro atoms. The van der Waals surface area contributed by atoms with E-state index >= 15 is 0 Å². The molecule has 1 saturated carbocycles. The molecule has 0 radical (unpaired) electrons. The quantitative estimate of drug-likeness (QED) is 0.510. The van der Waals surface area contributed by atoms with Crippen molar-refractivity contribution in [2.75, 3.05) is 6.54 Å². The highest BCUT2D eigenvalue weighted by Crippen LogP contribution is 2.33. The van der Waals surface area contributed by atoms with Crippen molar-refractivity contribution in [3.05, 3.63) is 0 Å². The summed E-state index contributed by atoms with van der Waals surface area (Å²) in [4.78, 5) is 0. The van der Waals surface area contributed by atoms with Crippen LogP contribution in [0.25, 0.3) is 0 Å². The largest absolute Gasteiger partial charge is 0.314 e. The van der Waals surface area contributed by atoms with Gasteiger partial charge >= 0.3 is 0 Å². The number of hydrogen-bond acceptors (Lipinski definition) is 1. The fraction of sp³-hybridized carbons (Fsp3) is 1.00. The summed E-state index contributed by atoms with van der Waals surface area (Å²) in [5.41, 5.74) is 0. The second-order valence-corrected chi connectivity index (χ2v) is 5.66. The summed E-state index contributed by atoms with van der Waals surface area (Å²) in [6.45, 7) is 5.87. The minimum absolute atomic E-state index is 0.757. The molecular weight excluding hydrogens is 194 g/mol. The Labute approximate surface area is 102 Å². The molecule has 1 aliphatic rings. The molecule has 96 valence electrons. The monoisotopic (exact) mass is 225 g/mol. The summed E-state index contributed by atoms with van der Waals surface area (Å²) in [5, 5.41) is 3.66. The third-order valence-electron chi connectivity index (χ3n) is 3.66. The van der Waals surface area contributed by atoms with E-state index in [1.165, 1.54) is 70.8 Å². The average molecular weight is 225 g/mol. The first-order valence-corrected chi connectivity index (χ1v) is 7.56. The molecule has 1 heteroatoms. The summed E-state index contributed by atoms with van der Waals surface area (Å²) in [6.07, 6.45) is 14.3. The first-order valence-electron chi connectivity index (χ1n) is 7.56. The van der Waals surface area contributed by atoms with Crippen molar-refractivity contribution < 1.29 is 0 Å². The Kier molecular flexibility index (Phi) is 7.92. The second kappa shape index (κ2) is 9.04. The van der Waals surface area contributed by atoms with Gasteiger partial charge in [-0.1, -0.05) is 58.3 Å². The summed E-state index contributed by atoms with van der Waals surface area (Å²) in [7, 11) is 0. The molecule has 0 aromatic rings. The molecule has 0 aromatic heterocycles. The van der Waals surface area contributed by atoms with Crippen molar-refractivity contribution in [1.82, 2.24) is 5.32 Å². The Balaban J connectivity index is 1.73. The molecule has 1 nitrogen and oxygen atoms in total. The van der Waals surface area contributed by atoms with Gasteiger partial charge in [-0.25, -0.2) is 0 Å².